The third-order valence-corrected chi connectivity index (χ3v) is 6.86. The molecule has 39 heavy (non-hydrogen) atoms. The number of ether oxygens (including phenoxy) is 2. The first-order valence-electron chi connectivity index (χ1n) is 12.6. The second-order valence-electron chi connectivity index (χ2n) is 9.27. The van der Waals surface area contributed by atoms with Crippen molar-refractivity contribution in [1.82, 2.24) is 14.8 Å². The molecule has 0 fully saturated rings. The molecule has 1 aromatic heterocycles. The van der Waals surface area contributed by atoms with Gasteiger partial charge >= 0.3 is 0 Å². The largest absolute Gasteiger partial charge is 0.497 e. The van der Waals surface area contributed by atoms with Gasteiger partial charge in [0.25, 0.3) is 5.91 Å². The third-order valence-electron chi connectivity index (χ3n) is 6.86. The van der Waals surface area contributed by atoms with Gasteiger partial charge in [-0.15, -0.1) is 0 Å². The molecule has 6 rings (SSSR count). The van der Waals surface area contributed by atoms with Crippen molar-refractivity contribution in [2.75, 3.05) is 17.7 Å². The van der Waals surface area contributed by atoms with Crippen molar-refractivity contribution in [3.8, 4) is 11.5 Å². The molecule has 0 radical (unpaired) electrons. The fourth-order valence-electron chi connectivity index (χ4n) is 4.89. The molecule has 5 aromatic rings. The summed E-state index contributed by atoms with van der Waals surface area (Å²) in [5.41, 5.74) is 3.94. The van der Waals surface area contributed by atoms with E-state index in [0.29, 0.717) is 29.5 Å². The Labute approximate surface area is 225 Å². The van der Waals surface area contributed by atoms with Gasteiger partial charge in [-0.3, -0.25) is 4.79 Å². The summed E-state index contributed by atoms with van der Waals surface area (Å²) in [5.74, 6) is 1.81. The number of methoxy groups -OCH3 is 1. The smallest absolute Gasteiger partial charge is 0.255 e. The first kappa shape index (κ1) is 24.2. The summed E-state index contributed by atoms with van der Waals surface area (Å²) in [5, 5.41) is 13.0. The van der Waals surface area contributed by atoms with Crippen LogP contribution in [0.2, 0.25) is 0 Å². The summed E-state index contributed by atoms with van der Waals surface area (Å²) in [7, 11) is 1.61. The summed E-state index contributed by atoms with van der Waals surface area (Å²) in [6.07, 6.45) is 1.48. The Kier molecular flexibility index (Phi) is 6.42. The molecule has 0 unspecified atom stereocenters. The van der Waals surface area contributed by atoms with Crippen molar-refractivity contribution in [3.05, 3.63) is 120 Å². The third kappa shape index (κ3) is 4.80. The lowest BCUT2D eigenvalue weighted by Gasteiger charge is -2.28. The Hall–Kier alpha value is -5.11. The molecule has 0 saturated carbocycles. The van der Waals surface area contributed by atoms with Crippen molar-refractivity contribution in [2.45, 2.75) is 19.6 Å². The lowest BCUT2D eigenvalue weighted by molar-refractivity contribution is -0.113. The van der Waals surface area contributed by atoms with Gasteiger partial charge in [0.15, 0.2) is 0 Å². The number of hydrogen-bond donors (Lipinski definition) is 2. The zero-order chi connectivity index (χ0) is 26.8. The Morgan fingerprint density at radius 2 is 1.69 bits per heavy atom. The van der Waals surface area contributed by atoms with Gasteiger partial charge in [-0.1, -0.05) is 54.6 Å². The van der Waals surface area contributed by atoms with Crippen LogP contribution in [0.15, 0.2) is 109 Å². The van der Waals surface area contributed by atoms with Gasteiger partial charge in [0.1, 0.15) is 30.5 Å². The number of carbonyl (C=O) groups excluding carboxylic acids is 1. The van der Waals surface area contributed by atoms with E-state index in [9.17, 15) is 4.79 Å². The molecule has 2 N–H and O–H groups in total. The molecular formula is C31H27N5O3. The predicted molar refractivity (Wildman–Crippen MR) is 151 cm³/mol. The van der Waals surface area contributed by atoms with Gasteiger partial charge < -0.3 is 20.1 Å². The zero-order valence-corrected chi connectivity index (χ0v) is 21.6. The Balaban J connectivity index is 1.25. The van der Waals surface area contributed by atoms with E-state index in [4.69, 9.17) is 9.47 Å². The number of anilines is 2. The van der Waals surface area contributed by atoms with E-state index in [-0.39, 0.29) is 5.91 Å². The molecule has 4 aromatic carbocycles. The SMILES string of the molecule is COc1ccc(NC(=O)C2=C(C)Nc3ncnn3[C@H]2c2ccc(OCc3cccc4ccccc34)cc2)cc1. The van der Waals surface area contributed by atoms with Crippen LogP contribution < -0.4 is 20.1 Å². The molecule has 8 heteroatoms. The average molecular weight is 518 g/mol. The summed E-state index contributed by atoms with van der Waals surface area (Å²) < 4.78 is 13.1. The summed E-state index contributed by atoms with van der Waals surface area (Å²) in [4.78, 5) is 17.9. The van der Waals surface area contributed by atoms with Crippen LogP contribution >= 0.6 is 0 Å². The minimum atomic E-state index is -0.464. The number of amides is 1. The quantitative estimate of drug-likeness (QED) is 0.277. The molecule has 1 atom stereocenters. The van der Waals surface area contributed by atoms with Crippen molar-refractivity contribution in [2.24, 2.45) is 0 Å². The number of fused-ring (bicyclic) bond motifs is 2. The monoisotopic (exact) mass is 517 g/mol. The van der Waals surface area contributed by atoms with Gasteiger partial charge in [-0.2, -0.15) is 10.1 Å². The van der Waals surface area contributed by atoms with Crippen LogP contribution in [0, 0.1) is 0 Å². The number of aromatic nitrogens is 3. The van der Waals surface area contributed by atoms with E-state index < -0.39 is 6.04 Å². The highest BCUT2D eigenvalue weighted by Crippen LogP contribution is 2.36. The standard InChI is InChI=1S/C31H27N5O3/c1-20-28(30(37)35-24-12-16-25(38-2)17-13-24)29(36-31(34-20)32-19-33-36)22-10-14-26(15-11-22)39-18-23-8-5-7-21-6-3-4-9-27(21)23/h3-17,19,29H,18H2,1-2H3,(H,35,37)(H,32,33,34)/t29-/m0/s1. The maximum absolute atomic E-state index is 13.6. The second-order valence-corrected chi connectivity index (χ2v) is 9.27. The summed E-state index contributed by atoms with van der Waals surface area (Å²) in [6, 6.07) is 29.1. The lowest BCUT2D eigenvalue weighted by Crippen LogP contribution is -2.31. The number of rotatable bonds is 7. The zero-order valence-electron chi connectivity index (χ0n) is 21.6. The molecule has 0 aliphatic carbocycles. The fourth-order valence-corrected chi connectivity index (χ4v) is 4.89. The van der Waals surface area contributed by atoms with Gasteiger partial charge in [0.2, 0.25) is 5.95 Å². The Bertz CT molecular complexity index is 1670. The van der Waals surface area contributed by atoms with E-state index in [1.165, 1.54) is 17.1 Å². The van der Waals surface area contributed by atoms with Crippen LogP contribution in [-0.2, 0) is 11.4 Å². The Morgan fingerprint density at radius 3 is 2.49 bits per heavy atom. The normalized spacial score (nSPS) is 14.5. The van der Waals surface area contributed by atoms with Gasteiger partial charge in [0, 0.05) is 11.4 Å². The number of nitrogens with zero attached hydrogens (tertiary/aromatic N) is 3. The first-order chi connectivity index (χ1) is 19.1. The second kappa shape index (κ2) is 10.3. The molecule has 194 valence electrons. The van der Waals surface area contributed by atoms with E-state index >= 15 is 0 Å². The number of carbonyl (C=O) groups is 1. The van der Waals surface area contributed by atoms with Gasteiger partial charge in [-0.25, -0.2) is 4.68 Å². The molecule has 1 aliphatic rings. The number of hydrogen-bond acceptors (Lipinski definition) is 6. The van der Waals surface area contributed by atoms with Crippen LogP contribution in [0.5, 0.6) is 11.5 Å². The van der Waals surface area contributed by atoms with E-state index in [2.05, 4.69) is 45.0 Å². The molecule has 2 heterocycles. The van der Waals surface area contributed by atoms with Crippen LogP contribution in [0.1, 0.15) is 24.1 Å². The van der Waals surface area contributed by atoms with Crippen LogP contribution in [0.4, 0.5) is 11.6 Å². The minimum absolute atomic E-state index is 0.229. The summed E-state index contributed by atoms with van der Waals surface area (Å²) >= 11 is 0. The first-order valence-corrected chi connectivity index (χ1v) is 12.6. The maximum Gasteiger partial charge on any atom is 0.255 e. The number of benzene rings is 4. The van der Waals surface area contributed by atoms with Crippen molar-refractivity contribution < 1.29 is 14.3 Å². The molecule has 8 nitrogen and oxygen atoms in total. The topological polar surface area (TPSA) is 90.3 Å². The molecule has 0 bridgehead atoms. The fraction of sp³-hybridized carbons (Fsp3) is 0.129. The van der Waals surface area contributed by atoms with Crippen molar-refractivity contribution in [3.63, 3.8) is 0 Å². The van der Waals surface area contributed by atoms with E-state index in [0.717, 1.165) is 22.6 Å². The maximum atomic E-state index is 13.6. The van der Waals surface area contributed by atoms with Crippen molar-refractivity contribution >= 4 is 28.3 Å². The molecule has 1 aliphatic heterocycles. The van der Waals surface area contributed by atoms with Gasteiger partial charge in [0.05, 0.1) is 12.7 Å². The predicted octanol–water partition coefficient (Wildman–Crippen LogP) is 5.95. The van der Waals surface area contributed by atoms with Crippen LogP contribution in [-0.4, -0.2) is 27.8 Å². The van der Waals surface area contributed by atoms with Crippen LogP contribution in [0.25, 0.3) is 10.8 Å². The molecule has 1 amide bonds. The van der Waals surface area contributed by atoms with Gasteiger partial charge in [-0.05, 0) is 65.2 Å². The lowest BCUT2D eigenvalue weighted by atomic mass is 9.95. The highest BCUT2D eigenvalue weighted by atomic mass is 16.5. The van der Waals surface area contributed by atoms with Crippen LogP contribution in [0.3, 0.4) is 0 Å². The highest BCUT2D eigenvalue weighted by Gasteiger charge is 2.33. The molecule has 0 spiro atoms. The summed E-state index contributed by atoms with van der Waals surface area (Å²) in [6.45, 7) is 2.32. The Morgan fingerprint density at radius 1 is 0.949 bits per heavy atom. The minimum Gasteiger partial charge on any atom is -0.497 e. The number of nitrogens with one attached hydrogen (secondary N) is 2. The van der Waals surface area contributed by atoms with Crippen molar-refractivity contribution in [1.29, 1.82) is 0 Å². The molecule has 0 saturated heterocycles. The van der Waals surface area contributed by atoms with E-state index in [1.807, 2.05) is 49.4 Å². The van der Waals surface area contributed by atoms with E-state index in [1.54, 1.807) is 36.1 Å². The average Bonchev–Trinajstić information content (AvgIpc) is 3.44. The highest BCUT2D eigenvalue weighted by molar-refractivity contribution is 6.06. The number of allylic oxidation sites excluding steroid dienone is 1. The molecular weight excluding hydrogens is 490 g/mol.